The van der Waals surface area contributed by atoms with E-state index in [0.717, 1.165) is 11.1 Å². The molecule has 0 unspecified atom stereocenters. The van der Waals surface area contributed by atoms with E-state index >= 15 is 0 Å². The van der Waals surface area contributed by atoms with E-state index in [4.69, 9.17) is 0 Å². The normalized spacial score (nSPS) is 10.4. The first kappa shape index (κ1) is 10.4. The molecule has 3 rings (SSSR count). The number of nitrogens with zero attached hydrogens (tertiary/aromatic N) is 3. The van der Waals surface area contributed by atoms with Crippen LogP contribution in [0.15, 0.2) is 47.7 Å². The molecular formula is C12H9N5O. The molecule has 6 heteroatoms. The molecule has 0 spiro atoms. The second-order valence-electron chi connectivity index (χ2n) is 3.68. The second kappa shape index (κ2) is 4.25. The van der Waals surface area contributed by atoms with Crippen molar-refractivity contribution in [2.75, 3.05) is 5.32 Å². The van der Waals surface area contributed by atoms with Crippen LogP contribution in [0.3, 0.4) is 0 Å². The highest BCUT2D eigenvalue weighted by Gasteiger charge is 2.01. The molecule has 88 valence electrons. The summed E-state index contributed by atoms with van der Waals surface area (Å²) in [5, 5.41) is 3.82. The first-order chi connectivity index (χ1) is 8.81. The molecule has 0 aliphatic rings. The molecule has 3 aromatic rings. The van der Waals surface area contributed by atoms with E-state index in [2.05, 4.69) is 25.3 Å². The van der Waals surface area contributed by atoms with Gasteiger partial charge >= 0.3 is 0 Å². The first-order valence-corrected chi connectivity index (χ1v) is 5.34. The van der Waals surface area contributed by atoms with Crippen molar-refractivity contribution in [2.45, 2.75) is 0 Å². The minimum atomic E-state index is -0.184. The Balaban J connectivity index is 2.00. The van der Waals surface area contributed by atoms with E-state index in [0.29, 0.717) is 11.6 Å². The topological polar surface area (TPSA) is 83.6 Å². The molecule has 0 aliphatic carbocycles. The predicted molar refractivity (Wildman–Crippen MR) is 67.7 cm³/mol. The van der Waals surface area contributed by atoms with Gasteiger partial charge in [-0.25, -0.2) is 4.98 Å². The Morgan fingerprint density at radius 2 is 1.94 bits per heavy atom. The fourth-order valence-electron chi connectivity index (χ4n) is 1.56. The highest BCUT2D eigenvalue weighted by atomic mass is 16.1. The molecule has 0 aromatic carbocycles. The van der Waals surface area contributed by atoms with E-state index in [1.54, 1.807) is 36.8 Å². The van der Waals surface area contributed by atoms with Crippen LogP contribution in [0.2, 0.25) is 0 Å². The van der Waals surface area contributed by atoms with Gasteiger partial charge in [0.2, 0.25) is 11.5 Å². The Morgan fingerprint density at radius 1 is 1.11 bits per heavy atom. The molecule has 18 heavy (non-hydrogen) atoms. The molecule has 0 saturated heterocycles. The van der Waals surface area contributed by atoms with Gasteiger partial charge in [-0.1, -0.05) is 0 Å². The van der Waals surface area contributed by atoms with Gasteiger partial charge in [0.25, 0.3) is 0 Å². The molecule has 0 fully saturated rings. The van der Waals surface area contributed by atoms with Crippen LogP contribution >= 0.6 is 0 Å². The first-order valence-electron chi connectivity index (χ1n) is 5.34. The number of anilines is 2. The van der Waals surface area contributed by atoms with Crippen LogP contribution in [0, 0.1) is 0 Å². The molecule has 2 N–H and O–H groups in total. The molecule has 3 aromatic heterocycles. The smallest absolute Gasteiger partial charge is 0.249 e. The molecule has 0 amide bonds. The molecule has 0 aliphatic heterocycles. The molecule has 0 saturated carbocycles. The summed E-state index contributed by atoms with van der Waals surface area (Å²) in [6, 6.07) is 6.74. The summed E-state index contributed by atoms with van der Waals surface area (Å²) >= 11 is 0. The number of rotatable bonds is 2. The minimum Gasteiger partial charge on any atom is -0.324 e. The van der Waals surface area contributed by atoms with Crippen LogP contribution in [0.25, 0.3) is 11.0 Å². The number of hydrogen-bond donors (Lipinski definition) is 2. The van der Waals surface area contributed by atoms with Crippen molar-refractivity contribution in [2.24, 2.45) is 0 Å². The van der Waals surface area contributed by atoms with E-state index in [-0.39, 0.29) is 5.56 Å². The van der Waals surface area contributed by atoms with Crippen LogP contribution < -0.4 is 10.9 Å². The summed E-state index contributed by atoms with van der Waals surface area (Å²) in [4.78, 5) is 26.2. The highest BCUT2D eigenvalue weighted by Crippen LogP contribution is 2.13. The van der Waals surface area contributed by atoms with Crippen LogP contribution in [0.1, 0.15) is 0 Å². The monoisotopic (exact) mass is 239 g/mol. The van der Waals surface area contributed by atoms with E-state index in [1.165, 1.54) is 6.07 Å². The summed E-state index contributed by atoms with van der Waals surface area (Å²) in [6.45, 7) is 0. The van der Waals surface area contributed by atoms with Gasteiger partial charge in [0.15, 0.2) is 0 Å². The molecule has 3 heterocycles. The van der Waals surface area contributed by atoms with Crippen molar-refractivity contribution in [3.63, 3.8) is 0 Å². The van der Waals surface area contributed by atoms with Gasteiger partial charge in [-0.05, 0) is 18.2 Å². The van der Waals surface area contributed by atoms with E-state index in [9.17, 15) is 4.79 Å². The van der Waals surface area contributed by atoms with Crippen molar-refractivity contribution < 1.29 is 0 Å². The summed E-state index contributed by atoms with van der Waals surface area (Å²) in [5.74, 6) is 0.426. The molecule has 0 bridgehead atoms. The molecule has 0 atom stereocenters. The number of aromatic amines is 1. The standard InChI is InChI=1S/C12H9N5O/c18-10-2-1-8-7-14-12(17-11(8)16-10)15-9-3-5-13-6-4-9/h1-7H,(H2,13,14,15,16,17,18). The van der Waals surface area contributed by atoms with Crippen LogP contribution in [-0.2, 0) is 0 Å². The fourth-order valence-corrected chi connectivity index (χ4v) is 1.56. The number of aromatic nitrogens is 4. The SMILES string of the molecule is O=c1ccc2cnc(Nc3ccncc3)nc2[nH]1. The number of H-pyrrole nitrogens is 1. The highest BCUT2D eigenvalue weighted by molar-refractivity contribution is 5.74. The number of hydrogen-bond acceptors (Lipinski definition) is 5. The maximum absolute atomic E-state index is 11.2. The summed E-state index contributed by atoms with van der Waals surface area (Å²) < 4.78 is 0. The van der Waals surface area contributed by atoms with Crippen molar-refractivity contribution in [3.8, 4) is 0 Å². The minimum absolute atomic E-state index is 0.184. The molecule has 6 nitrogen and oxygen atoms in total. The Labute approximate surface area is 102 Å². The Hall–Kier alpha value is -2.76. The molecule has 0 radical (unpaired) electrons. The van der Waals surface area contributed by atoms with Crippen LogP contribution in [0.4, 0.5) is 11.6 Å². The van der Waals surface area contributed by atoms with Crippen molar-refractivity contribution in [3.05, 3.63) is 53.2 Å². The van der Waals surface area contributed by atoms with E-state index < -0.39 is 0 Å². The van der Waals surface area contributed by atoms with Crippen LogP contribution in [-0.4, -0.2) is 19.9 Å². The summed E-state index contributed by atoms with van der Waals surface area (Å²) in [7, 11) is 0. The predicted octanol–water partition coefficient (Wildman–Crippen LogP) is 1.46. The lowest BCUT2D eigenvalue weighted by molar-refractivity contribution is 1.16. The number of nitrogens with one attached hydrogen (secondary N) is 2. The molecular weight excluding hydrogens is 230 g/mol. The Bertz CT molecular complexity index is 738. The lowest BCUT2D eigenvalue weighted by atomic mass is 10.3. The quantitative estimate of drug-likeness (QED) is 0.707. The van der Waals surface area contributed by atoms with Gasteiger partial charge in [-0.2, -0.15) is 4.98 Å². The maximum Gasteiger partial charge on any atom is 0.249 e. The average Bonchev–Trinajstić information content (AvgIpc) is 2.39. The zero-order chi connectivity index (χ0) is 12.4. The maximum atomic E-state index is 11.2. The van der Waals surface area contributed by atoms with Gasteiger partial charge < -0.3 is 10.3 Å². The average molecular weight is 239 g/mol. The van der Waals surface area contributed by atoms with Crippen LogP contribution in [0.5, 0.6) is 0 Å². The third-order valence-electron chi connectivity index (χ3n) is 2.41. The third kappa shape index (κ3) is 2.03. The van der Waals surface area contributed by atoms with Crippen molar-refractivity contribution >= 4 is 22.7 Å². The lowest BCUT2D eigenvalue weighted by Crippen LogP contribution is -2.05. The zero-order valence-electron chi connectivity index (χ0n) is 9.29. The van der Waals surface area contributed by atoms with Gasteiger partial charge in [0, 0.05) is 35.7 Å². The fraction of sp³-hybridized carbons (Fsp3) is 0. The Kier molecular flexibility index (Phi) is 2.45. The van der Waals surface area contributed by atoms with E-state index in [1.807, 2.05) is 0 Å². The van der Waals surface area contributed by atoms with Crippen molar-refractivity contribution in [1.29, 1.82) is 0 Å². The van der Waals surface area contributed by atoms with Gasteiger partial charge in [-0.15, -0.1) is 0 Å². The number of fused-ring (bicyclic) bond motifs is 1. The van der Waals surface area contributed by atoms with Crippen molar-refractivity contribution in [1.82, 2.24) is 19.9 Å². The Morgan fingerprint density at radius 3 is 2.78 bits per heavy atom. The number of pyridine rings is 2. The third-order valence-corrected chi connectivity index (χ3v) is 2.41. The summed E-state index contributed by atoms with van der Waals surface area (Å²) in [5.41, 5.74) is 1.16. The largest absolute Gasteiger partial charge is 0.324 e. The van der Waals surface area contributed by atoms with Gasteiger partial charge in [0.05, 0.1) is 0 Å². The second-order valence-corrected chi connectivity index (χ2v) is 3.68. The lowest BCUT2D eigenvalue weighted by Gasteiger charge is -2.04. The summed E-state index contributed by atoms with van der Waals surface area (Å²) in [6.07, 6.45) is 5.00. The zero-order valence-corrected chi connectivity index (χ0v) is 9.29. The van der Waals surface area contributed by atoms with Gasteiger partial charge in [0.1, 0.15) is 5.65 Å². The van der Waals surface area contributed by atoms with Gasteiger partial charge in [-0.3, -0.25) is 9.78 Å².